The van der Waals surface area contributed by atoms with Crippen molar-refractivity contribution < 1.29 is 13.9 Å². The molecule has 182 valence electrons. The number of aromatic nitrogens is 4. The number of aromatic amines is 1. The van der Waals surface area contributed by atoms with Crippen molar-refractivity contribution in [2.45, 2.75) is 17.2 Å². The smallest absolute Gasteiger partial charge is 0.181 e. The number of imidazole rings is 1. The Balaban J connectivity index is 1.19. The van der Waals surface area contributed by atoms with Crippen molar-refractivity contribution in [1.82, 2.24) is 29.7 Å². The van der Waals surface area contributed by atoms with Gasteiger partial charge in [0.25, 0.3) is 0 Å². The first kappa shape index (κ1) is 23.8. The van der Waals surface area contributed by atoms with Crippen molar-refractivity contribution in [1.29, 1.82) is 0 Å². The predicted octanol–water partition coefficient (Wildman–Crippen LogP) is 3.49. The Labute approximate surface area is 206 Å². The molecule has 2 aromatic carbocycles. The average Bonchev–Trinajstić information content (AvgIpc) is 3.36. The van der Waals surface area contributed by atoms with Crippen LogP contribution in [-0.4, -0.2) is 79.4 Å². The van der Waals surface area contributed by atoms with E-state index in [1.807, 2.05) is 0 Å². The Morgan fingerprint density at radius 3 is 2.14 bits per heavy atom. The molecule has 2 N–H and O–H groups in total. The number of halogens is 2. The fraction of sp³-hybridized carbons (Fsp3) is 0.320. The normalized spacial score (nSPS) is 16.2. The number of thioether (sulfide) groups is 1. The van der Waals surface area contributed by atoms with Gasteiger partial charge in [-0.15, -0.1) is 11.8 Å². The summed E-state index contributed by atoms with van der Waals surface area (Å²) in [7, 11) is 0. The van der Waals surface area contributed by atoms with E-state index >= 15 is 0 Å². The highest BCUT2D eigenvalue weighted by Crippen LogP contribution is 2.30. The van der Waals surface area contributed by atoms with Gasteiger partial charge in [-0.3, -0.25) is 9.80 Å². The minimum atomic E-state index is -0.510. The zero-order valence-corrected chi connectivity index (χ0v) is 19.8. The fourth-order valence-corrected chi connectivity index (χ4v) is 5.36. The minimum Gasteiger partial charge on any atom is -0.391 e. The molecule has 5 rings (SSSR count). The molecule has 4 aromatic rings. The number of β-amino-alcohol motifs (C(OH)–C–C–N with tert-alkyl or cyclic N) is 1. The fourth-order valence-electron chi connectivity index (χ4n) is 4.49. The Morgan fingerprint density at radius 1 is 0.886 bits per heavy atom. The Bertz CT molecular complexity index is 1200. The van der Waals surface area contributed by atoms with Crippen LogP contribution in [0.2, 0.25) is 0 Å². The average molecular weight is 497 g/mol. The zero-order chi connectivity index (χ0) is 24.2. The molecule has 1 aliphatic heterocycles. The number of piperazine rings is 1. The summed E-state index contributed by atoms with van der Waals surface area (Å²) in [5.41, 5.74) is 3.34. The first-order chi connectivity index (χ1) is 17.1. The number of aliphatic hydroxyl groups is 1. The third-order valence-corrected chi connectivity index (χ3v) is 7.35. The van der Waals surface area contributed by atoms with Gasteiger partial charge in [-0.25, -0.2) is 23.7 Å². The quantitative estimate of drug-likeness (QED) is 0.286. The molecule has 0 spiro atoms. The van der Waals surface area contributed by atoms with Gasteiger partial charge in [0.05, 0.1) is 18.5 Å². The molecule has 35 heavy (non-hydrogen) atoms. The van der Waals surface area contributed by atoms with Crippen LogP contribution in [0.15, 0.2) is 66.2 Å². The molecule has 2 aromatic heterocycles. The maximum Gasteiger partial charge on any atom is 0.181 e. The number of nitrogens with one attached hydrogen (secondary N) is 1. The summed E-state index contributed by atoms with van der Waals surface area (Å²) in [6.07, 6.45) is 2.56. The van der Waals surface area contributed by atoms with Gasteiger partial charge in [-0.1, -0.05) is 24.3 Å². The van der Waals surface area contributed by atoms with Gasteiger partial charge in [0.15, 0.2) is 5.65 Å². The SMILES string of the molecule is OC(CSc1ncnc2nc[nH]c12)CN1CCN(C(c2ccc(F)cc2)c2ccc(F)cc2)CC1. The molecule has 0 saturated carbocycles. The lowest BCUT2D eigenvalue weighted by molar-refractivity contribution is 0.0708. The largest absolute Gasteiger partial charge is 0.391 e. The summed E-state index contributed by atoms with van der Waals surface area (Å²) in [6, 6.07) is 12.9. The van der Waals surface area contributed by atoms with E-state index in [1.165, 1.54) is 42.4 Å². The van der Waals surface area contributed by atoms with Crippen LogP contribution in [0.5, 0.6) is 0 Å². The van der Waals surface area contributed by atoms with Gasteiger partial charge in [0.1, 0.15) is 28.5 Å². The second-order valence-corrected chi connectivity index (χ2v) is 9.60. The number of nitrogens with zero attached hydrogens (tertiary/aromatic N) is 5. The van der Waals surface area contributed by atoms with Crippen molar-refractivity contribution in [3.8, 4) is 0 Å². The summed E-state index contributed by atoms with van der Waals surface area (Å²) in [5, 5.41) is 11.4. The van der Waals surface area contributed by atoms with E-state index in [4.69, 9.17) is 0 Å². The molecule has 3 heterocycles. The van der Waals surface area contributed by atoms with Crippen molar-refractivity contribution in [2.75, 3.05) is 38.5 Å². The minimum absolute atomic E-state index is 0.0894. The van der Waals surface area contributed by atoms with Crippen molar-refractivity contribution in [3.63, 3.8) is 0 Å². The second-order valence-electron chi connectivity index (χ2n) is 8.59. The number of rotatable bonds is 8. The van der Waals surface area contributed by atoms with Crippen molar-refractivity contribution >= 4 is 22.9 Å². The molecule has 0 amide bonds. The molecule has 1 saturated heterocycles. The van der Waals surface area contributed by atoms with E-state index in [9.17, 15) is 13.9 Å². The van der Waals surface area contributed by atoms with Crippen LogP contribution in [0, 0.1) is 11.6 Å². The van der Waals surface area contributed by atoms with E-state index in [0.29, 0.717) is 17.9 Å². The first-order valence-corrected chi connectivity index (χ1v) is 12.5. The number of aliphatic hydroxyl groups excluding tert-OH is 1. The Hall–Kier alpha value is -2.92. The van der Waals surface area contributed by atoms with E-state index in [2.05, 4.69) is 29.7 Å². The molecular weight excluding hydrogens is 470 g/mol. The number of fused-ring (bicyclic) bond motifs is 1. The summed E-state index contributed by atoms with van der Waals surface area (Å²) < 4.78 is 27.1. The molecule has 0 bridgehead atoms. The highest BCUT2D eigenvalue weighted by atomic mass is 32.2. The molecular formula is C25H26F2N6OS. The molecule has 0 aliphatic carbocycles. The number of hydrogen-bond acceptors (Lipinski definition) is 7. The van der Waals surface area contributed by atoms with Crippen LogP contribution in [-0.2, 0) is 0 Å². The standard InChI is InChI=1S/C25H26F2N6OS/c26-19-5-1-17(2-6-19)23(18-3-7-20(27)8-4-18)33-11-9-32(10-12-33)13-21(34)14-35-25-22-24(29-15-28-22)30-16-31-25/h1-8,15-16,21,23,34H,9-14H2,(H,28,29,30,31). The molecule has 1 unspecified atom stereocenters. The van der Waals surface area contributed by atoms with Crippen molar-refractivity contribution in [3.05, 3.63) is 83.9 Å². The highest BCUT2D eigenvalue weighted by molar-refractivity contribution is 7.99. The molecule has 0 radical (unpaired) electrons. The monoisotopic (exact) mass is 496 g/mol. The second kappa shape index (κ2) is 10.8. The van der Waals surface area contributed by atoms with Gasteiger partial charge in [-0.2, -0.15) is 0 Å². The summed E-state index contributed by atoms with van der Waals surface area (Å²) in [4.78, 5) is 20.2. The van der Waals surface area contributed by atoms with Crippen LogP contribution in [0.4, 0.5) is 8.78 Å². The van der Waals surface area contributed by atoms with Crippen LogP contribution in [0.1, 0.15) is 17.2 Å². The topological polar surface area (TPSA) is 81.2 Å². The van der Waals surface area contributed by atoms with Gasteiger partial charge < -0.3 is 10.1 Å². The van der Waals surface area contributed by atoms with E-state index < -0.39 is 6.10 Å². The highest BCUT2D eigenvalue weighted by Gasteiger charge is 2.27. The summed E-state index contributed by atoms with van der Waals surface area (Å²) in [6.45, 7) is 3.70. The van der Waals surface area contributed by atoms with Crippen molar-refractivity contribution in [2.24, 2.45) is 0 Å². The first-order valence-electron chi connectivity index (χ1n) is 11.5. The summed E-state index contributed by atoms with van der Waals surface area (Å²) in [5.74, 6) is -0.0453. The third-order valence-electron chi connectivity index (χ3n) is 6.21. The summed E-state index contributed by atoms with van der Waals surface area (Å²) >= 11 is 1.48. The van der Waals surface area contributed by atoms with Crippen LogP contribution in [0.25, 0.3) is 11.2 Å². The Kier molecular flexibility index (Phi) is 7.33. The zero-order valence-electron chi connectivity index (χ0n) is 19.0. The maximum atomic E-state index is 13.5. The Morgan fingerprint density at radius 2 is 1.51 bits per heavy atom. The van der Waals surface area contributed by atoms with Gasteiger partial charge in [0.2, 0.25) is 0 Å². The van der Waals surface area contributed by atoms with Gasteiger partial charge in [0, 0.05) is 38.5 Å². The lowest BCUT2D eigenvalue weighted by atomic mass is 9.96. The third kappa shape index (κ3) is 5.67. The number of benzene rings is 2. The lowest BCUT2D eigenvalue weighted by Crippen LogP contribution is -2.50. The van der Waals surface area contributed by atoms with Gasteiger partial charge >= 0.3 is 0 Å². The van der Waals surface area contributed by atoms with Crippen LogP contribution in [0.3, 0.4) is 0 Å². The number of hydrogen-bond donors (Lipinski definition) is 2. The molecule has 10 heteroatoms. The molecule has 7 nitrogen and oxygen atoms in total. The van der Waals surface area contributed by atoms with E-state index in [-0.39, 0.29) is 17.7 Å². The molecule has 1 atom stereocenters. The van der Waals surface area contributed by atoms with Gasteiger partial charge in [-0.05, 0) is 35.4 Å². The predicted molar refractivity (Wildman–Crippen MR) is 131 cm³/mol. The lowest BCUT2D eigenvalue weighted by Gasteiger charge is -2.40. The van der Waals surface area contributed by atoms with Crippen LogP contribution < -0.4 is 0 Å². The van der Waals surface area contributed by atoms with Crippen LogP contribution >= 0.6 is 11.8 Å². The van der Waals surface area contributed by atoms with E-state index in [0.717, 1.165) is 47.8 Å². The molecule has 1 fully saturated rings. The maximum absolute atomic E-state index is 13.5. The molecule has 1 aliphatic rings. The van der Waals surface area contributed by atoms with E-state index in [1.54, 1.807) is 30.6 Å². The number of H-pyrrole nitrogens is 1.